The van der Waals surface area contributed by atoms with Crippen molar-refractivity contribution in [1.82, 2.24) is 0 Å². The van der Waals surface area contributed by atoms with E-state index in [4.69, 9.17) is 20.4 Å². The average molecular weight is 211 g/mol. The molecule has 0 radical (unpaired) electrons. The van der Waals surface area contributed by atoms with E-state index in [1.807, 2.05) is 6.92 Å². The smallest absolute Gasteiger partial charge is 0.289 e. The Balaban J connectivity index is 0. The third kappa shape index (κ3) is 5.07. The van der Waals surface area contributed by atoms with Crippen LogP contribution in [0.15, 0.2) is 0 Å². The van der Waals surface area contributed by atoms with Crippen molar-refractivity contribution in [2.45, 2.75) is 18.9 Å². The van der Waals surface area contributed by atoms with Crippen molar-refractivity contribution in [1.29, 1.82) is 0 Å². The lowest BCUT2D eigenvalue weighted by Crippen LogP contribution is -2.49. The molecule has 0 bridgehead atoms. The fraction of sp³-hybridized carbons (Fsp3) is 1.00. The SMILES string of the molecule is CCCO.O=[N+]([O-])C(CO)(CO)CO. The zero-order valence-corrected chi connectivity index (χ0v) is 8.09. The van der Waals surface area contributed by atoms with E-state index in [0.29, 0.717) is 6.61 Å². The maximum atomic E-state index is 10.0. The van der Waals surface area contributed by atoms with Gasteiger partial charge in [-0.3, -0.25) is 10.1 Å². The summed E-state index contributed by atoms with van der Waals surface area (Å²) in [4.78, 5) is 9.14. The van der Waals surface area contributed by atoms with Gasteiger partial charge in [0.25, 0.3) is 5.54 Å². The van der Waals surface area contributed by atoms with E-state index in [1.165, 1.54) is 0 Å². The maximum absolute atomic E-state index is 10.0. The minimum absolute atomic E-state index is 0.319. The number of nitrogens with zero attached hydrogens (tertiary/aromatic N) is 1. The molecule has 86 valence electrons. The Kier molecular flexibility index (Phi) is 9.89. The number of nitro groups is 1. The first kappa shape index (κ1) is 15.7. The number of hydrogen-bond donors (Lipinski definition) is 4. The third-order valence-corrected chi connectivity index (χ3v) is 1.49. The summed E-state index contributed by atoms with van der Waals surface area (Å²) in [6, 6.07) is 0. The average Bonchev–Trinajstić information content (AvgIpc) is 2.21. The summed E-state index contributed by atoms with van der Waals surface area (Å²) in [5.41, 5.74) is -1.99. The minimum Gasteiger partial charge on any atom is -0.396 e. The monoisotopic (exact) mass is 211 g/mol. The molecule has 0 aromatic carbocycles. The second-order valence-electron chi connectivity index (χ2n) is 2.68. The molecule has 0 heterocycles. The van der Waals surface area contributed by atoms with E-state index in [1.54, 1.807) is 0 Å². The summed E-state index contributed by atoms with van der Waals surface area (Å²) in [5.74, 6) is 0. The van der Waals surface area contributed by atoms with Gasteiger partial charge in [-0.05, 0) is 6.42 Å². The van der Waals surface area contributed by atoms with E-state index in [-0.39, 0.29) is 0 Å². The molecule has 0 aromatic heterocycles. The van der Waals surface area contributed by atoms with Gasteiger partial charge in [-0.15, -0.1) is 0 Å². The molecule has 7 nitrogen and oxygen atoms in total. The lowest BCUT2D eigenvalue weighted by Gasteiger charge is -2.16. The van der Waals surface area contributed by atoms with Gasteiger partial charge < -0.3 is 20.4 Å². The third-order valence-electron chi connectivity index (χ3n) is 1.49. The van der Waals surface area contributed by atoms with Crippen LogP contribution in [0.2, 0.25) is 0 Å². The fourth-order valence-corrected chi connectivity index (χ4v) is 0.323. The van der Waals surface area contributed by atoms with Crippen LogP contribution in [0.3, 0.4) is 0 Å². The number of aliphatic hydroxyl groups excluding tert-OH is 4. The topological polar surface area (TPSA) is 124 Å². The van der Waals surface area contributed by atoms with Crippen LogP contribution in [0.4, 0.5) is 0 Å². The van der Waals surface area contributed by atoms with Crippen LogP contribution >= 0.6 is 0 Å². The summed E-state index contributed by atoms with van der Waals surface area (Å²) in [7, 11) is 0. The van der Waals surface area contributed by atoms with E-state index >= 15 is 0 Å². The molecule has 0 aliphatic rings. The first-order chi connectivity index (χ1) is 6.54. The molecule has 0 aliphatic heterocycles. The van der Waals surface area contributed by atoms with Gasteiger partial charge in [0.2, 0.25) is 0 Å². The quantitative estimate of drug-likeness (QED) is 0.319. The largest absolute Gasteiger partial charge is 0.396 e. The van der Waals surface area contributed by atoms with Crippen molar-refractivity contribution >= 4 is 0 Å². The Morgan fingerprint density at radius 1 is 1.14 bits per heavy atom. The lowest BCUT2D eigenvalue weighted by atomic mass is 10.1. The first-order valence-corrected chi connectivity index (χ1v) is 4.12. The summed E-state index contributed by atoms with van der Waals surface area (Å²) in [6.07, 6.45) is 0.875. The molecule has 0 rings (SSSR count). The van der Waals surface area contributed by atoms with Crippen molar-refractivity contribution in [3.63, 3.8) is 0 Å². The first-order valence-electron chi connectivity index (χ1n) is 4.12. The molecule has 0 atom stereocenters. The van der Waals surface area contributed by atoms with E-state index in [9.17, 15) is 10.1 Å². The maximum Gasteiger partial charge on any atom is 0.289 e. The van der Waals surface area contributed by atoms with E-state index < -0.39 is 30.3 Å². The highest BCUT2D eigenvalue weighted by Gasteiger charge is 2.41. The molecule has 7 heteroatoms. The Bertz CT molecular complexity index is 137. The molecule has 14 heavy (non-hydrogen) atoms. The molecule has 0 unspecified atom stereocenters. The zero-order valence-electron chi connectivity index (χ0n) is 8.09. The predicted octanol–water partition coefficient (Wildman–Crippen LogP) is -1.63. The molecule has 0 spiro atoms. The van der Waals surface area contributed by atoms with Crippen molar-refractivity contribution in [2.24, 2.45) is 0 Å². The summed E-state index contributed by atoms with van der Waals surface area (Å²) in [5, 5.41) is 43.1. The van der Waals surface area contributed by atoms with E-state index in [2.05, 4.69) is 0 Å². The van der Waals surface area contributed by atoms with Gasteiger partial charge in [0, 0.05) is 11.5 Å². The van der Waals surface area contributed by atoms with Crippen molar-refractivity contribution in [3.05, 3.63) is 10.1 Å². The highest BCUT2D eigenvalue weighted by atomic mass is 16.6. The second-order valence-corrected chi connectivity index (χ2v) is 2.68. The van der Waals surface area contributed by atoms with Crippen molar-refractivity contribution < 1.29 is 25.3 Å². The number of aliphatic hydroxyl groups is 4. The van der Waals surface area contributed by atoms with Gasteiger partial charge in [-0.2, -0.15) is 0 Å². The molecule has 0 saturated carbocycles. The molecular weight excluding hydrogens is 194 g/mol. The molecule has 0 fully saturated rings. The summed E-state index contributed by atoms with van der Waals surface area (Å²) < 4.78 is 0. The molecule has 0 saturated heterocycles. The second kappa shape index (κ2) is 8.82. The van der Waals surface area contributed by atoms with Gasteiger partial charge in [0.1, 0.15) is 19.8 Å². The molecule has 0 amide bonds. The Morgan fingerprint density at radius 2 is 1.43 bits per heavy atom. The molecule has 0 aliphatic carbocycles. The van der Waals surface area contributed by atoms with Gasteiger partial charge in [0.05, 0.1) is 0 Å². The highest BCUT2D eigenvalue weighted by Crippen LogP contribution is 2.05. The van der Waals surface area contributed by atoms with Crippen molar-refractivity contribution in [2.75, 3.05) is 26.4 Å². The molecule has 0 aromatic rings. The zero-order chi connectivity index (χ0) is 11.6. The van der Waals surface area contributed by atoms with Crippen LogP contribution in [0.5, 0.6) is 0 Å². The molecular formula is C7H17NO6. The normalized spacial score (nSPS) is 10.4. The van der Waals surface area contributed by atoms with Crippen LogP contribution in [0.25, 0.3) is 0 Å². The summed E-state index contributed by atoms with van der Waals surface area (Å²) >= 11 is 0. The minimum atomic E-state index is -1.99. The molecule has 4 N–H and O–H groups in total. The van der Waals surface area contributed by atoms with Crippen molar-refractivity contribution in [3.8, 4) is 0 Å². The number of hydrogen-bond acceptors (Lipinski definition) is 6. The summed E-state index contributed by atoms with van der Waals surface area (Å²) in [6.45, 7) is -0.354. The fourth-order valence-electron chi connectivity index (χ4n) is 0.323. The van der Waals surface area contributed by atoms with Crippen LogP contribution in [-0.2, 0) is 0 Å². The van der Waals surface area contributed by atoms with Gasteiger partial charge in [-0.1, -0.05) is 6.92 Å². The van der Waals surface area contributed by atoms with Gasteiger partial charge in [0.15, 0.2) is 0 Å². The standard InChI is InChI=1S/C4H9NO5.C3H8O/c6-1-4(2-7,3-8)5(9)10;1-2-3-4/h6-8H,1-3H2;4H,2-3H2,1H3. The Morgan fingerprint density at radius 3 is 1.43 bits per heavy atom. The van der Waals surface area contributed by atoms with Crippen LogP contribution in [-0.4, -0.2) is 57.3 Å². The predicted molar refractivity (Wildman–Crippen MR) is 48.4 cm³/mol. The van der Waals surface area contributed by atoms with Crippen LogP contribution in [0, 0.1) is 10.1 Å². The number of rotatable bonds is 5. The Hall–Kier alpha value is -0.760. The Labute approximate surface area is 81.8 Å². The van der Waals surface area contributed by atoms with Gasteiger partial charge in [-0.25, -0.2) is 0 Å². The lowest BCUT2D eigenvalue weighted by molar-refractivity contribution is -0.580. The van der Waals surface area contributed by atoms with Crippen LogP contribution in [0.1, 0.15) is 13.3 Å². The van der Waals surface area contributed by atoms with E-state index in [0.717, 1.165) is 6.42 Å². The van der Waals surface area contributed by atoms with Crippen LogP contribution < -0.4 is 0 Å². The van der Waals surface area contributed by atoms with Gasteiger partial charge >= 0.3 is 0 Å². The highest BCUT2D eigenvalue weighted by molar-refractivity contribution is 4.75.